The number of quaternary nitrogens is 1. The lowest BCUT2D eigenvalue weighted by molar-refractivity contribution is -0.939. The number of hydrogen-bond donors (Lipinski definition) is 2. The first-order chi connectivity index (χ1) is 12.9. The molecule has 0 radical (unpaired) electrons. The van der Waals surface area contributed by atoms with Gasteiger partial charge in [-0.3, -0.25) is 4.79 Å². The van der Waals surface area contributed by atoms with Crippen LogP contribution in [0.2, 0.25) is 0 Å². The van der Waals surface area contributed by atoms with Gasteiger partial charge in [0.15, 0.2) is 0 Å². The van der Waals surface area contributed by atoms with Crippen molar-refractivity contribution in [3.8, 4) is 0 Å². The number of hydrogen-bond acceptors (Lipinski definition) is 3. The Balaban J connectivity index is 1.72. The van der Waals surface area contributed by atoms with Crippen molar-refractivity contribution in [2.24, 2.45) is 0 Å². The van der Waals surface area contributed by atoms with Gasteiger partial charge in [-0.1, -0.05) is 39.0 Å². The normalized spacial score (nSPS) is 18.1. The third-order valence-corrected chi connectivity index (χ3v) is 6.25. The molecule has 1 saturated heterocycles. The standard InChI is InChI=1S/C22H30N2O2S/c1-16(20(19-6-5-15-27-19)24-11-13-26-14-12-24)23-21(25)17-7-9-18(10-8-17)22(2,3)4/h5-10,15-16,20H,11-14H2,1-4H3,(H,23,25)/p+1/t16-,20-/m1/s1. The predicted octanol–water partition coefficient (Wildman–Crippen LogP) is 2.82. The average Bonchev–Trinajstić information content (AvgIpc) is 3.16. The highest BCUT2D eigenvalue weighted by Crippen LogP contribution is 2.23. The van der Waals surface area contributed by atoms with Crippen LogP contribution < -0.4 is 10.2 Å². The maximum absolute atomic E-state index is 12.8. The molecule has 1 aliphatic heterocycles. The van der Waals surface area contributed by atoms with Gasteiger partial charge >= 0.3 is 0 Å². The molecule has 1 amide bonds. The Morgan fingerprint density at radius 3 is 2.37 bits per heavy atom. The van der Waals surface area contributed by atoms with Crippen LogP contribution in [0, 0.1) is 0 Å². The summed E-state index contributed by atoms with van der Waals surface area (Å²) >= 11 is 1.77. The molecule has 0 saturated carbocycles. The summed E-state index contributed by atoms with van der Waals surface area (Å²) in [5.74, 6) is -0.00262. The van der Waals surface area contributed by atoms with Crippen molar-refractivity contribution in [3.05, 3.63) is 57.8 Å². The van der Waals surface area contributed by atoms with Crippen molar-refractivity contribution >= 4 is 17.2 Å². The molecule has 0 aliphatic carbocycles. The van der Waals surface area contributed by atoms with Gasteiger partial charge < -0.3 is 15.0 Å². The summed E-state index contributed by atoms with van der Waals surface area (Å²) in [6, 6.07) is 12.6. The van der Waals surface area contributed by atoms with Crippen LogP contribution in [0.5, 0.6) is 0 Å². The molecule has 1 aromatic carbocycles. The van der Waals surface area contributed by atoms with E-state index >= 15 is 0 Å². The SMILES string of the molecule is C[C@@H](NC(=O)c1ccc(C(C)(C)C)cc1)[C@H](c1cccs1)[NH+]1CCOCC1. The second kappa shape index (κ2) is 8.55. The minimum Gasteiger partial charge on any atom is -0.370 e. The molecule has 146 valence electrons. The third kappa shape index (κ3) is 4.98. The lowest BCUT2D eigenvalue weighted by atomic mass is 9.86. The number of carbonyl (C=O) groups excluding carboxylic acids is 1. The van der Waals surface area contributed by atoms with E-state index < -0.39 is 0 Å². The summed E-state index contributed by atoms with van der Waals surface area (Å²) in [6.45, 7) is 12.2. The van der Waals surface area contributed by atoms with Crippen LogP contribution >= 0.6 is 11.3 Å². The summed E-state index contributed by atoms with van der Waals surface area (Å²) in [6.07, 6.45) is 0. The topological polar surface area (TPSA) is 42.8 Å². The van der Waals surface area contributed by atoms with Gasteiger partial charge in [0.1, 0.15) is 19.1 Å². The van der Waals surface area contributed by atoms with Crippen LogP contribution in [0.25, 0.3) is 0 Å². The van der Waals surface area contributed by atoms with E-state index in [-0.39, 0.29) is 23.4 Å². The number of nitrogens with one attached hydrogen (secondary N) is 2. The highest BCUT2D eigenvalue weighted by Gasteiger charge is 2.33. The summed E-state index contributed by atoms with van der Waals surface area (Å²) in [4.78, 5) is 15.6. The monoisotopic (exact) mass is 387 g/mol. The summed E-state index contributed by atoms with van der Waals surface area (Å²) < 4.78 is 5.53. The van der Waals surface area contributed by atoms with Crippen molar-refractivity contribution in [1.82, 2.24) is 5.32 Å². The molecule has 0 bridgehead atoms. The molecule has 2 atom stereocenters. The van der Waals surface area contributed by atoms with Gasteiger partial charge in [-0.2, -0.15) is 0 Å². The average molecular weight is 388 g/mol. The van der Waals surface area contributed by atoms with E-state index in [0.29, 0.717) is 0 Å². The lowest BCUT2D eigenvalue weighted by Gasteiger charge is -2.34. The molecule has 27 heavy (non-hydrogen) atoms. The Labute approximate surface area is 166 Å². The van der Waals surface area contributed by atoms with Crippen LogP contribution in [-0.4, -0.2) is 38.3 Å². The van der Waals surface area contributed by atoms with E-state index in [1.807, 2.05) is 12.1 Å². The Hall–Kier alpha value is -1.69. The van der Waals surface area contributed by atoms with Gasteiger partial charge in [0, 0.05) is 5.56 Å². The molecule has 1 aliphatic rings. The van der Waals surface area contributed by atoms with Crippen LogP contribution in [0.15, 0.2) is 41.8 Å². The number of ether oxygens (including phenoxy) is 1. The Kier molecular flexibility index (Phi) is 6.35. The summed E-state index contributed by atoms with van der Waals surface area (Å²) in [5, 5.41) is 5.36. The van der Waals surface area contributed by atoms with Crippen molar-refractivity contribution in [2.45, 2.75) is 45.2 Å². The van der Waals surface area contributed by atoms with Gasteiger partial charge in [-0.05, 0) is 41.5 Å². The van der Waals surface area contributed by atoms with Crippen LogP contribution in [0.3, 0.4) is 0 Å². The number of benzene rings is 1. The third-order valence-electron chi connectivity index (χ3n) is 5.30. The Bertz CT molecular complexity index is 729. The molecule has 1 aromatic heterocycles. The zero-order valence-electron chi connectivity index (χ0n) is 16.7. The molecule has 0 unspecified atom stereocenters. The summed E-state index contributed by atoms with van der Waals surface area (Å²) in [5.41, 5.74) is 2.05. The van der Waals surface area contributed by atoms with E-state index in [9.17, 15) is 4.79 Å². The van der Waals surface area contributed by atoms with Crippen LogP contribution in [0.4, 0.5) is 0 Å². The molecule has 3 rings (SSSR count). The first-order valence-electron chi connectivity index (χ1n) is 9.73. The summed E-state index contributed by atoms with van der Waals surface area (Å²) in [7, 11) is 0. The highest BCUT2D eigenvalue weighted by molar-refractivity contribution is 7.10. The number of thiophene rings is 1. The minimum atomic E-state index is -0.00262. The molecule has 2 aromatic rings. The van der Waals surface area contributed by atoms with Crippen molar-refractivity contribution in [2.75, 3.05) is 26.3 Å². The number of morpholine rings is 1. The first-order valence-corrected chi connectivity index (χ1v) is 10.6. The minimum absolute atomic E-state index is 0.00262. The largest absolute Gasteiger partial charge is 0.370 e. The molecular formula is C22H31N2O2S+. The van der Waals surface area contributed by atoms with Gasteiger partial charge in [-0.25, -0.2) is 0 Å². The van der Waals surface area contributed by atoms with Crippen molar-refractivity contribution in [1.29, 1.82) is 0 Å². The molecule has 1 fully saturated rings. The smallest absolute Gasteiger partial charge is 0.251 e. The fraction of sp³-hybridized carbons (Fsp3) is 0.500. The Morgan fingerprint density at radius 1 is 1.15 bits per heavy atom. The maximum Gasteiger partial charge on any atom is 0.251 e. The van der Waals surface area contributed by atoms with Crippen molar-refractivity contribution < 1.29 is 14.4 Å². The van der Waals surface area contributed by atoms with E-state index in [2.05, 4.69) is 62.7 Å². The second-order valence-corrected chi connectivity index (χ2v) is 9.33. The zero-order chi connectivity index (χ0) is 19.4. The second-order valence-electron chi connectivity index (χ2n) is 8.35. The number of amides is 1. The maximum atomic E-state index is 12.8. The molecule has 5 heteroatoms. The van der Waals surface area contributed by atoms with E-state index in [4.69, 9.17) is 4.74 Å². The predicted molar refractivity (Wildman–Crippen MR) is 111 cm³/mol. The Morgan fingerprint density at radius 2 is 1.81 bits per heavy atom. The van der Waals surface area contributed by atoms with Crippen LogP contribution in [0.1, 0.15) is 54.5 Å². The zero-order valence-corrected chi connectivity index (χ0v) is 17.6. The molecule has 4 nitrogen and oxygen atoms in total. The van der Waals surface area contributed by atoms with E-state index in [0.717, 1.165) is 31.9 Å². The number of rotatable bonds is 5. The highest BCUT2D eigenvalue weighted by atomic mass is 32.1. The fourth-order valence-electron chi connectivity index (χ4n) is 3.71. The van der Waals surface area contributed by atoms with Gasteiger partial charge in [0.05, 0.1) is 24.1 Å². The van der Waals surface area contributed by atoms with Gasteiger partial charge in [-0.15, -0.1) is 11.3 Å². The fourth-order valence-corrected chi connectivity index (χ4v) is 4.70. The van der Waals surface area contributed by atoms with Crippen molar-refractivity contribution in [3.63, 3.8) is 0 Å². The van der Waals surface area contributed by atoms with Gasteiger partial charge in [0.2, 0.25) is 0 Å². The van der Waals surface area contributed by atoms with E-state index in [1.54, 1.807) is 11.3 Å². The molecular weight excluding hydrogens is 356 g/mol. The van der Waals surface area contributed by atoms with E-state index in [1.165, 1.54) is 15.3 Å². The quantitative estimate of drug-likeness (QED) is 0.829. The van der Waals surface area contributed by atoms with Crippen LogP contribution in [-0.2, 0) is 10.2 Å². The molecule has 2 N–H and O–H groups in total. The number of carbonyl (C=O) groups is 1. The van der Waals surface area contributed by atoms with Gasteiger partial charge in [0.25, 0.3) is 5.91 Å². The first kappa shape index (κ1) is 20.1. The molecule has 2 heterocycles. The molecule has 0 spiro atoms. The lowest BCUT2D eigenvalue weighted by Crippen LogP contribution is -3.15.